The third kappa shape index (κ3) is 3.36. The molecule has 1 aromatic heterocycles. The van der Waals surface area contributed by atoms with Gasteiger partial charge in [-0.1, -0.05) is 0 Å². The minimum atomic E-state index is -5.10. The molecule has 0 atom stereocenters. The fourth-order valence-electron chi connectivity index (χ4n) is 1.13. The highest BCUT2D eigenvalue weighted by molar-refractivity contribution is 5.78. The van der Waals surface area contributed by atoms with Gasteiger partial charge in [0.15, 0.2) is 6.29 Å². The molecule has 0 saturated carbocycles. The van der Waals surface area contributed by atoms with E-state index in [1.807, 2.05) is 0 Å². The molecule has 0 fully saturated rings. The zero-order valence-electron chi connectivity index (χ0n) is 8.39. The number of carbonyl (C=O) groups excluding carboxylic acids is 1. The van der Waals surface area contributed by atoms with Crippen LogP contribution < -0.4 is 4.74 Å². The Hall–Kier alpha value is -1.73. The van der Waals surface area contributed by atoms with Gasteiger partial charge in [0.25, 0.3) is 6.43 Å². The predicted octanol–water partition coefficient (Wildman–Crippen LogP) is 3.04. The molecule has 0 unspecified atom stereocenters. The molecule has 0 aliphatic heterocycles. The van der Waals surface area contributed by atoms with E-state index in [-0.39, 0.29) is 11.8 Å². The average molecular weight is 255 g/mol. The molecule has 0 bridgehead atoms. The molecular weight excluding hydrogens is 249 g/mol. The van der Waals surface area contributed by atoms with Crippen molar-refractivity contribution < 1.29 is 31.5 Å². The van der Waals surface area contributed by atoms with Crippen LogP contribution in [0.3, 0.4) is 0 Å². The second kappa shape index (κ2) is 4.64. The lowest BCUT2D eigenvalue weighted by molar-refractivity contribution is -0.276. The van der Waals surface area contributed by atoms with Crippen molar-refractivity contribution >= 4 is 6.29 Å². The summed E-state index contributed by atoms with van der Waals surface area (Å²) in [6.45, 7) is 1.21. The number of ether oxygens (including phenoxy) is 1. The Kier molecular flexibility index (Phi) is 3.64. The summed E-state index contributed by atoms with van der Waals surface area (Å²) in [5, 5.41) is 0. The zero-order chi connectivity index (χ0) is 13.2. The Labute approximate surface area is 92.2 Å². The number of pyridine rings is 1. The van der Waals surface area contributed by atoms with E-state index in [9.17, 15) is 26.7 Å². The third-order valence-electron chi connectivity index (χ3n) is 1.79. The number of hydrogen-bond acceptors (Lipinski definition) is 3. The van der Waals surface area contributed by atoms with Crippen LogP contribution in [0, 0.1) is 6.92 Å². The van der Waals surface area contributed by atoms with Gasteiger partial charge in [0.1, 0.15) is 5.69 Å². The standard InChI is InChI=1S/C9H6F5NO2/c1-4-2-5(3-16)8(17-9(12,13)14)15-6(4)7(10)11/h2-3,7H,1H3. The Balaban J connectivity index is 3.26. The van der Waals surface area contributed by atoms with Crippen LogP contribution in [0.2, 0.25) is 0 Å². The van der Waals surface area contributed by atoms with Crippen molar-refractivity contribution in [1.29, 1.82) is 0 Å². The normalized spacial score (nSPS) is 11.7. The molecule has 0 radical (unpaired) electrons. The topological polar surface area (TPSA) is 39.2 Å². The van der Waals surface area contributed by atoms with Gasteiger partial charge in [0.2, 0.25) is 5.88 Å². The number of aromatic nitrogens is 1. The van der Waals surface area contributed by atoms with Crippen molar-refractivity contribution in [3.63, 3.8) is 0 Å². The summed E-state index contributed by atoms with van der Waals surface area (Å²) in [6, 6.07) is 0.864. The molecule has 8 heteroatoms. The van der Waals surface area contributed by atoms with E-state index >= 15 is 0 Å². The number of rotatable bonds is 3. The summed E-state index contributed by atoms with van der Waals surface area (Å²) in [6.07, 6.45) is -8.10. The minimum Gasteiger partial charge on any atom is -0.387 e. The van der Waals surface area contributed by atoms with Crippen molar-refractivity contribution in [3.05, 3.63) is 22.9 Å². The minimum absolute atomic E-state index is 0.0519. The lowest BCUT2D eigenvalue weighted by Gasteiger charge is -2.12. The van der Waals surface area contributed by atoms with Crippen molar-refractivity contribution in [2.24, 2.45) is 0 Å². The van der Waals surface area contributed by atoms with Gasteiger partial charge in [-0.2, -0.15) is 0 Å². The average Bonchev–Trinajstić information content (AvgIpc) is 2.17. The fourth-order valence-corrected chi connectivity index (χ4v) is 1.13. The van der Waals surface area contributed by atoms with Gasteiger partial charge >= 0.3 is 6.36 Å². The van der Waals surface area contributed by atoms with Crippen LogP contribution in [-0.2, 0) is 0 Å². The molecule has 0 saturated heterocycles. The SMILES string of the molecule is Cc1cc(C=O)c(OC(F)(F)F)nc1C(F)F. The van der Waals surface area contributed by atoms with Crippen molar-refractivity contribution in [2.45, 2.75) is 19.7 Å². The number of nitrogens with zero attached hydrogens (tertiary/aromatic N) is 1. The molecule has 3 nitrogen and oxygen atoms in total. The summed E-state index contributed by atoms with van der Waals surface area (Å²) in [5.41, 5.74) is -1.48. The maximum atomic E-state index is 12.4. The quantitative estimate of drug-likeness (QED) is 0.615. The van der Waals surface area contributed by atoms with Gasteiger partial charge < -0.3 is 4.74 Å². The van der Waals surface area contributed by atoms with Crippen molar-refractivity contribution in [2.75, 3.05) is 0 Å². The van der Waals surface area contributed by atoms with Gasteiger partial charge in [0.05, 0.1) is 5.56 Å². The maximum Gasteiger partial charge on any atom is 0.574 e. The summed E-state index contributed by atoms with van der Waals surface area (Å²) >= 11 is 0. The van der Waals surface area contributed by atoms with Gasteiger partial charge in [0, 0.05) is 0 Å². The third-order valence-corrected chi connectivity index (χ3v) is 1.79. The molecule has 1 heterocycles. The molecule has 0 spiro atoms. The fraction of sp³-hybridized carbons (Fsp3) is 0.333. The van der Waals surface area contributed by atoms with E-state index in [4.69, 9.17) is 0 Å². The largest absolute Gasteiger partial charge is 0.574 e. The van der Waals surface area contributed by atoms with E-state index in [1.54, 1.807) is 0 Å². The molecule has 17 heavy (non-hydrogen) atoms. The second-order valence-corrected chi connectivity index (χ2v) is 3.05. The van der Waals surface area contributed by atoms with E-state index < -0.39 is 29.9 Å². The summed E-state index contributed by atoms with van der Waals surface area (Å²) < 4.78 is 63.9. The van der Waals surface area contributed by atoms with Gasteiger partial charge in [-0.15, -0.1) is 13.2 Å². The number of aldehydes is 1. The number of carbonyl (C=O) groups is 1. The molecule has 0 amide bonds. The van der Waals surface area contributed by atoms with Gasteiger partial charge in [-0.25, -0.2) is 13.8 Å². The predicted molar refractivity (Wildman–Crippen MR) is 46.0 cm³/mol. The van der Waals surface area contributed by atoms with Crippen molar-refractivity contribution in [3.8, 4) is 5.88 Å². The van der Waals surface area contributed by atoms with E-state index in [0.29, 0.717) is 0 Å². The molecule has 94 valence electrons. The Morgan fingerprint density at radius 1 is 1.41 bits per heavy atom. The van der Waals surface area contributed by atoms with Crippen LogP contribution in [0.25, 0.3) is 0 Å². The highest BCUT2D eigenvalue weighted by Gasteiger charge is 2.33. The maximum absolute atomic E-state index is 12.4. The smallest absolute Gasteiger partial charge is 0.387 e. The van der Waals surface area contributed by atoms with Crippen LogP contribution in [0.1, 0.15) is 28.0 Å². The molecular formula is C9H6F5NO2. The van der Waals surface area contributed by atoms with E-state index in [0.717, 1.165) is 6.07 Å². The number of halogens is 5. The first kappa shape index (κ1) is 13.3. The number of alkyl halides is 5. The van der Waals surface area contributed by atoms with Crippen LogP contribution in [0.4, 0.5) is 22.0 Å². The lowest BCUT2D eigenvalue weighted by Crippen LogP contribution is -2.19. The highest BCUT2D eigenvalue weighted by Crippen LogP contribution is 2.29. The molecule has 0 N–H and O–H groups in total. The van der Waals surface area contributed by atoms with Crippen LogP contribution in [-0.4, -0.2) is 17.6 Å². The molecule has 1 rings (SSSR count). The van der Waals surface area contributed by atoms with Crippen LogP contribution in [0.5, 0.6) is 5.88 Å². The second-order valence-electron chi connectivity index (χ2n) is 3.05. The number of aryl methyl sites for hydroxylation is 1. The lowest BCUT2D eigenvalue weighted by atomic mass is 10.1. The zero-order valence-corrected chi connectivity index (χ0v) is 8.39. The van der Waals surface area contributed by atoms with Gasteiger partial charge in [-0.3, -0.25) is 4.79 Å². The molecule has 0 aliphatic rings. The van der Waals surface area contributed by atoms with E-state index in [1.165, 1.54) is 6.92 Å². The molecule has 0 aliphatic carbocycles. The summed E-state index contributed by atoms with van der Waals surface area (Å²) in [5.74, 6) is -1.17. The highest BCUT2D eigenvalue weighted by atomic mass is 19.4. The van der Waals surface area contributed by atoms with Crippen LogP contribution in [0.15, 0.2) is 6.07 Å². The Morgan fingerprint density at radius 3 is 2.41 bits per heavy atom. The monoisotopic (exact) mass is 255 g/mol. The van der Waals surface area contributed by atoms with Gasteiger partial charge in [-0.05, 0) is 18.6 Å². The first-order valence-corrected chi connectivity index (χ1v) is 4.25. The Bertz CT molecular complexity index is 430. The summed E-state index contributed by atoms with van der Waals surface area (Å²) in [7, 11) is 0. The first-order valence-electron chi connectivity index (χ1n) is 4.25. The number of hydrogen-bond donors (Lipinski definition) is 0. The van der Waals surface area contributed by atoms with Crippen LogP contribution >= 0.6 is 0 Å². The summed E-state index contributed by atoms with van der Waals surface area (Å²) in [4.78, 5) is 13.5. The molecule has 1 aromatic rings. The molecule has 0 aromatic carbocycles. The first-order chi connectivity index (χ1) is 7.74. The van der Waals surface area contributed by atoms with E-state index in [2.05, 4.69) is 9.72 Å². The van der Waals surface area contributed by atoms with Crippen molar-refractivity contribution in [1.82, 2.24) is 4.98 Å². The Morgan fingerprint density at radius 2 is 2.00 bits per heavy atom.